The number of amides is 2. The minimum Gasteiger partial charge on any atom is -0.508 e. The molecule has 0 bridgehead atoms. The monoisotopic (exact) mass is 234 g/mol. The van der Waals surface area contributed by atoms with Crippen molar-refractivity contribution in [3.8, 4) is 5.75 Å². The second-order valence-electron chi connectivity index (χ2n) is 4.65. The highest BCUT2D eigenvalue weighted by atomic mass is 16.3. The van der Waals surface area contributed by atoms with Crippen molar-refractivity contribution in [2.45, 2.75) is 19.8 Å². The van der Waals surface area contributed by atoms with Gasteiger partial charge < -0.3 is 15.3 Å². The lowest BCUT2D eigenvalue weighted by molar-refractivity contribution is 0.186. The highest BCUT2D eigenvalue weighted by molar-refractivity contribution is 5.89. The SMILES string of the molecule is CC1CCN(C(=O)Nc2cccc(O)c2)CC1. The van der Waals surface area contributed by atoms with Gasteiger partial charge in [0.2, 0.25) is 0 Å². The van der Waals surface area contributed by atoms with Crippen molar-refractivity contribution in [2.75, 3.05) is 18.4 Å². The van der Waals surface area contributed by atoms with Gasteiger partial charge in [-0.3, -0.25) is 0 Å². The molecule has 2 amide bonds. The van der Waals surface area contributed by atoms with Crippen molar-refractivity contribution in [3.05, 3.63) is 24.3 Å². The number of carbonyl (C=O) groups is 1. The lowest BCUT2D eigenvalue weighted by Crippen LogP contribution is -2.40. The maximum absolute atomic E-state index is 11.9. The first kappa shape index (κ1) is 11.8. The van der Waals surface area contributed by atoms with Gasteiger partial charge in [-0.15, -0.1) is 0 Å². The van der Waals surface area contributed by atoms with E-state index in [1.165, 1.54) is 0 Å². The summed E-state index contributed by atoms with van der Waals surface area (Å²) in [5.41, 5.74) is 0.633. The fraction of sp³-hybridized carbons (Fsp3) is 0.462. The molecule has 1 aromatic rings. The van der Waals surface area contributed by atoms with Gasteiger partial charge in [-0.25, -0.2) is 4.79 Å². The van der Waals surface area contributed by atoms with E-state index in [0.29, 0.717) is 11.6 Å². The molecule has 4 heteroatoms. The van der Waals surface area contributed by atoms with E-state index in [-0.39, 0.29) is 11.8 Å². The number of urea groups is 1. The largest absolute Gasteiger partial charge is 0.508 e. The lowest BCUT2D eigenvalue weighted by atomic mass is 10.00. The van der Waals surface area contributed by atoms with E-state index in [1.807, 2.05) is 4.90 Å². The maximum Gasteiger partial charge on any atom is 0.321 e. The zero-order valence-corrected chi connectivity index (χ0v) is 10.0. The summed E-state index contributed by atoms with van der Waals surface area (Å²) in [5.74, 6) is 0.870. The summed E-state index contributed by atoms with van der Waals surface area (Å²) in [7, 11) is 0. The van der Waals surface area contributed by atoms with Gasteiger partial charge in [-0.1, -0.05) is 13.0 Å². The van der Waals surface area contributed by atoms with Crippen LogP contribution in [-0.4, -0.2) is 29.1 Å². The van der Waals surface area contributed by atoms with Crippen LogP contribution in [0.3, 0.4) is 0 Å². The number of phenols is 1. The molecule has 1 fully saturated rings. The smallest absolute Gasteiger partial charge is 0.321 e. The topological polar surface area (TPSA) is 52.6 Å². The Morgan fingerprint density at radius 1 is 1.41 bits per heavy atom. The average molecular weight is 234 g/mol. The van der Waals surface area contributed by atoms with Crippen LogP contribution in [0.2, 0.25) is 0 Å². The van der Waals surface area contributed by atoms with E-state index in [9.17, 15) is 9.90 Å². The van der Waals surface area contributed by atoms with Gasteiger partial charge in [0, 0.05) is 24.8 Å². The van der Waals surface area contributed by atoms with Gasteiger partial charge in [0.05, 0.1) is 0 Å². The lowest BCUT2D eigenvalue weighted by Gasteiger charge is -2.30. The molecule has 0 saturated carbocycles. The van der Waals surface area contributed by atoms with Crippen molar-refractivity contribution >= 4 is 11.7 Å². The molecule has 1 aliphatic heterocycles. The third-order valence-electron chi connectivity index (χ3n) is 3.17. The van der Waals surface area contributed by atoms with Gasteiger partial charge >= 0.3 is 6.03 Å². The number of nitrogens with one attached hydrogen (secondary N) is 1. The molecule has 17 heavy (non-hydrogen) atoms. The van der Waals surface area contributed by atoms with Crippen LogP contribution in [0, 0.1) is 5.92 Å². The predicted molar refractivity (Wildman–Crippen MR) is 67.1 cm³/mol. The molecular weight excluding hydrogens is 216 g/mol. The number of nitrogens with zero attached hydrogens (tertiary/aromatic N) is 1. The van der Waals surface area contributed by atoms with Crippen molar-refractivity contribution in [2.24, 2.45) is 5.92 Å². The number of hydrogen-bond donors (Lipinski definition) is 2. The van der Waals surface area contributed by atoms with Gasteiger partial charge in [0.25, 0.3) is 0 Å². The number of carbonyl (C=O) groups excluding carboxylic acids is 1. The molecule has 0 aromatic heterocycles. The van der Waals surface area contributed by atoms with Crippen LogP contribution in [0.1, 0.15) is 19.8 Å². The average Bonchev–Trinajstić information content (AvgIpc) is 2.29. The predicted octanol–water partition coefficient (Wildman–Crippen LogP) is 2.66. The minimum atomic E-state index is -0.0810. The Hall–Kier alpha value is -1.71. The number of aromatic hydroxyl groups is 1. The fourth-order valence-corrected chi connectivity index (χ4v) is 2.00. The highest BCUT2D eigenvalue weighted by Gasteiger charge is 2.20. The molecule has 0 aliphatic carbocycles. The maximum atomic E-state index is 11.9. The number of piperidine rings is 1. The van der Waals surface area contributed by atoms with Crippen molar-refractivity contribution in [1.29, 1.82) is 0 Å². The van der Waals surface area contributed by atoms with E-state index in [2.05, 4.69) is 12.2 Å². The number of anilines is 1. The molecule has 4 nitrogen and oxygen atoms in total. The van der Waals surface area contributed by atoms with Gasteiger partial charge in [0.15, 0.2) is 0 Å². The summed E-state index contributed by atoms with van der Waals surface area (Å²) >= 11 is 0. The van der Waals surface area contributed by atoms with Gasteiger partial charge in [-0.2, -0.15) is 0 Å². The molecule has 0 unspecified atom stereocenters. The second-order valence-corrected chi connectivity index (χ2v) is 4.65. The summed E-state index contributed by atoms with van der Waals surface area (Å²) < 4.78 is 0. The summed E-state index contributed by atoms with van der Waals surface area (Å²) in [6.45, 7) is 3.84. The summed E-state index contributed by atoms with van der Waals surface area (Å²) in [5, 5.41) is 12.1. The van der Waals surface area contributed by atoms with E-state index in [4.69, 9.17) is 0 Å². The first-order valence-corrected chi connectivity index (χ1v) is 6.00. The zero-order chi connectivity index (χ0) is 12.3. The number of hydrogen-bond acceptors (Lipinski definition) is 2. The Bertz CT molecular complexity index is 398. The molecule has 1 heterocycles. The standard InChI is InChI=1S/C13H18N2O2/c1-10-5-7-15(8-6-10)13(17)14-11-3-2-4-12(16)9-11/h2-4,9-10,16H,5-8H2,1H3,(H,14,17). The fourth-order valence-electron chi connectivity index (χ4n) is 2.00. The van der Waals surface area contributed by atoms with Crippen LogP contribution < -0.4 is 5.32 Å². The number of rotatable bonds is 1. The van der Waals surface area contributed by atoms with E-state index in [0.717, 1.165) is 25.9 Å². The Morgan fingerprint density at radius 3 is 2.76 bits per heavy atom. The molecule has 1 saturated heterocycles. The van der Waals surface area contributed by atoms with Crippen LogP contribution in [0.15, 0.2) is 24.3 Å². The molecule has 92 valence electrons. The van der Waals surface area contributed by atoms with Crippen molar-refractivity contribution in [3.63, 3.8) is 0 Å². The first-order chi connectivity index (χ1) is 8.15. The molecule has 0 spiro atoms. The molecule has 1 aromatic carbocycles. The Balaban J connectivity index is 1.93. The molecular formula is C13H18N2O2. The van der Waals surface area contributed by atoms with Crippen LogP contribution in [0.25, 0.3) is 0 Å². The Morgan fingerprint density at radius 2 is 2.12 bits per heavy atom. The normalized spacial score (nSPS) is 16.9. The summed E-state index contributed by atoms with van der Waals surface area (Å²) in [6.07, 6.45) is 2.13. The Labute approximate surface area is 101 Å². The Kier molecular flexibility index (Phi) is 3.52. The van der Waals surface area contributed by atoms with Gasteiger partial charge in [0.1, 0.15) is 5.75 Å². The number of likely N-dealkylation sites (tertiary alicyclic amines) is 1. The van der Waals surface area contributed by atoms with E-state index >= 15 is 0 Å². The van der Waals surface area contributed by atoms with Crippen LogP contribution in [0.4, 0.5) is 10.5 Å². The van der Waals surface area contributed by atoms with Gasteiger partial charge in [-0.05, 0) is 30.9 Å². The molecule has 2 rings (SSSR count). The second kappa shape index (κ2) is 5.08. The van der Waals surface area contributed by atoms with E-state index < -0.39 is 0 Å². The van der Waals surface area contributed by atoms with Crippen molar-refractivity contribution < 1.29 is 9.90 Å². The summed E-state index contributed by atoms with van der Waals surface area (Å²) in [6, 6.07) is 6.53. The molecule has 0 atom stereocenters. The zero-order valence-electron chi connectivity index (χ0n) is 10.0. The minimum absolute atomic E-state index is 0.0810. The summed E-state index contributed by atoms with van der Waals surface area (Å²) in [4.78, 5) is 13.7. The van der Waals surface area contributed by atoms with Crippen molar-refractivity contribution in [1.82, 2.24) is 4.90 Å². The van der Waals surface area contributed by atoms with E-state index in [1.54, 1.807) is 24.3 Å². The van der Waals surface area contributed by atoms with Crippen LogP contribution in [0.5, 0.6) is 5.75 Å². The molecule has 2 N–H and O–H groups in total. The van der Waals surface area contributed by atoms with Crippen LogP contribution >= 0.6 is 0 Å². The van der Waals surface area contributed by atoms with Crippen LogP contribution in [-0.2, 0) is 0 Å². The number of benzene rings is 1. The molecule has 1 aliphatic rings. The third-order valence-corrected chi connectivity index (χ3v) is 3.17. The highest BCUT2D eigenvalue weighted by Crippen LogP contribution is 2.19. The number of phenolic OH excluding ortho intramolecular Hbond substituents is 1. The third kappa shape index (κ3) is 3.12. The quantitative estimate of drug-likeness (QED) is 0.785. The molecule has 0 radical (unpaired) electrons. The first-order valence-electron chi connectivity index (χ1n) is 6.00.